The molecule has 0 aromatic heterocycles. The van der Waals surface area contributed by atoms with Gasteiger partial charge in [-0.2, -0.15) is 0 Å². The van der Waals surface area contributed by atoms with Crippen molar-refractivity contribution < 1.29 is 63.8 Å². The molecule has 0 fully saturated rings. The van der Waals surface area contributed by atoms with Gasteiger partial charge in [0.25, 0.3) is 0 Å². The van der Waals surface area contributed by atoms with Crippen LogP contribution in [0.5, 0.6) is 0 Å². The Balaban J connectivity index is 0.000000631. The maximum Gasteiger partial charge on any atom is 0.233 e. The molecule has 546 valence electrons. The molecule has 0 heterocycles. The Hall–Kier alpha value is -3.35. The number of aliphatic hydroxyl groups is 1. The lowest BCUT2D eigenvalue weighted by Gasteiger charge is -2.34. The monoisotopic (exact) mass is 1630 g/mol. The van der Waals surface area contributed by atoms with Gasteiger partial charge in [0.05, 0.1) is 68.0 Å². The molecule has 6 aromatic carbocycles. The van der Waals surface area contributed by atoms with Gasteiger partial charge in [0.15, 0.2) is 31.2 Å². The topological polar surface area (TPSA) is 177 Å². The van der Waals surface area contributed by atoms with E-state index in [9.17, 15) is 60.9 Å². The van der Waals surface area contributed by atoms with Crippen molar-refractivity contribution >= 4 is 147 Å². The van der Waals surface area contributed by atoms with E-state index < -0.39 is 101 Å². The zero-order valence-electron chi connectivity index (χ0n) is 54.6. The molecule has 6 aromatic rings. The molecular formula is C66H82Cl10F7N3O9Si3. The minimum Gasteiger partial charge on any atom is -0.410 e. The summed E-state index contributed by atoms with van der Waals surface area (Å²) in [4.78, 5) is 30.3. The van der Waals surface area contributed by atoms with Crippen LogP contribution in [0.4, 0.5) is 30.7 Å². The number of hydrogen-bond acceptors (Lipinski definition) is 10. The Morgan fingerprint density at radius 1 is 0.429 bits per heavy atom. The lowest BCUT2D eigenvalue weighted by Crippen LogP contribution is -2.39. The summed E-state index contributed by atoms with van der Waals surface area (Å²) in [7, 11) is -5.94. The molecule has 32 heteroatoms. The highest BCUT2D eigenvalue weighted by Gasteiger charge is 2.38. The molecule has 3 N–H and O–H groups in total. The van der Waals surface area contributed by atoms with Gasteiger partial charge in [0.1, 0.15) is 52.9 Å². The predicted octanol–water partition coefficient (Wildman–Crippen LogP) is 25.1. The summed E-state index contributed by atoms with van der Waals surface area (Å²) in [6.45, 7) is 18.0. The quantitative estimate of drug-likeness (QED) is 0.0151. The number of hydrogen-bond donors (Lipinski definition) is 2. The SMILES string of the molecule is C.CC[Si](CC)(CC)OC(CCCc1cc(F)cc(F)c1)c1c(Cl)cc(F)cc1Cl.CC[Si](CC)(CC)OC(CN)c1c(Cl)cc(F)cc1Cl.CC[Si](CC)(CC)OC(C[N+](=O)[O-])c1c(Cl)cc(F)cc1Cl.O=Cc1c(Cl)cc(F)cc1Cl.O=[N+]([O-])CC(O)c1c(Cl)cc(F)cc1Cl. The maximum absolute atomic E-state index is 13.7. The molecule has 0 amide bonds. The summed E-state index contributed by atoms with van der Waals surface area (Å²) in [6.07, 6.45) is -0.893. The van der Waals surface area contributed by atoms with Gasteiger partial charge in [-0.1, -0.05) is 186 Å². The van der Waals surface area contributed by atoms with Gasteiger partial charge in [-0.05, 0) is 152 Å². The number of carbonyl (C=O) groups excluding carboxylic acids is 1. The van der Waals surface area contributed by atoms with E-state index in [1.165, 1.54) is 36.4 Å². The van der Waals surface area contributed by atoms with Gasteiger partial charge in [-0.3, -0.25) is 25.0 Å². The minimum absolute atomic E-state index is 0. The normalized spacial score (nSPS) is 12.6. The molecule has 4 unspecified atom stereocenters. The van der Waals surface area contributed by atoms with E-state index in [4.69, 9.17) is 135 Å². The van der Waals surface area contributed by atoms with Crippen LogP contribution in [0.3, 0.4) is 0 Å². The van der Waals surface area contributed by atoms with Crippen LogP contribution in [0.1, 0.15) is 145 Å². The Morgan fingerprint density at radius 3 is 0.969 bits per heavy atom. The van der Waals surface area contributed by atoms with Gasteiger partial charge >= 0.3 is 0 Å². The first kappa shape index (κ1) is 92.7. The van der Waals surface area contributed by atoms with E-state index in [-0.39, 0.29) is 87.5 Å². The van der Waals surface area contributed by atoms with Crippen molar-refractivity contribution in [2.45, 2.75) is 168 Å². The highest BCUT2D eigenvalue weighted by atomic mass is 35.5. The van der Waals surface area contributed by atoms with Crippen molar-refractivity contribution in [1.82, 2.24) is 0 Å². The van der Waals surface area contributed by atoms with Crippen molar-refractivity contribution in [2.75, 3.05) is 19.6 Å². The Labute approximate surface area is 622 Å². The minimum atomic E-state index is -2.11. The zero-order chi connectivity index (χ0) is 73.9. The van der Waals surface area contributed by atoms with E-state index in [1.807, 2.05) is 20.8 Å². The summed E-state index contributed by atoms with van der Waals surface area (Å²) in [5.74, 6) is -3.93. The number of aryl methyl sites for hydroxylation is 1. The van der Waals surface area contributed by atoms with Crippen molar-refractivity contribution in [3.05, 3.63) is 223 Å². The van der Waals surface area contributed by atoms with Crippen LogP contribution >= 0.6 is 116 Å². The largest absolute Gasteiger partial charge is 0.410 e. The lowest BCUT2D eigenvalue weighted by molar-refractivity contribution is -0.491. The van der Waals surface area contributed by atoms with E-state index in [2.05, 4.69) is 41.5 Å². The first-order valence-electron chi connectivity index (χ1n) is 30.8. The average Bonchev–Trinajstić information content (AvgIpc) is 0.834. The number of carbonyl (C=O) groups is 1. The number of rotatable bonds is 29. The van der Waals surface area contributed by atoms with Crippen LogP contribution in [-0.2, 0) is 19.7 Å². The molecule has 12 nitrogen and oxygen atoms in total. The molecule has 0 radical (unpaired) electrons. The van der Waals surface area contributed by atoms with Crippen LogP contribution in [0.2, 0.25) is 105 Å². The molecule has 0 saturated carbocycles. The molecule has 0 aliphatic rings. The molecule has 0 bridgehead atoms. The molecular weight excluding hydrogens is 1550 g/mol. The Bertz CT molecular complexity index is 3400. The van der Waals surface area contributed by atoms with Crippen LogP contribution in [0, 0.1) is 60.9 Å². The maximum atomic E-state index is 13.7. The van der Waals surface area contributed by atoms with E-state index >= 15 is 0 Å². The van der Waals surface area contributed by atoms with Gasteiger partial charge in [0.2, 0.25) is 13.1 Å². The number of nitro groups is 2. The van der Waals surface area contributed by atoms with Gasteiger partial charge in [-0.15, -0.1) is 0 Å². The van der Waals surface area contributed by atoms with E-state index in [0.717, 1.165) is 96.9 Å². The number of aldehydes is 1. The third-order valence-corrected chi connectivity index (χ3v) is 33.4. The second-order valence-corrected chi connectivity index (χ2v) is 40.3. The fourth-order valence-corrected chi connectivity index (χ4v) is 22.1. The van der Waals surface area contributed by atoms with Gasteiger partial charge in [0, 0.05) is 44.7 Å². The number of nitrogens with zero attached hydrogens (tertiary/aromatic N) is 2. The fraction of sp³-hybridized carbons (Fsp3) is 0.439. The number of nitrogens with two attached hydrogens (primary N) is 1. The molecule has 98 heavy (non-hydrogen) atoms. The predicted molar refractivity (Wildman–Crippen MR) is 394 cm³/mol. The molecule has 6 rings (SSSR count). The number of aliphatic hydroxyl groups excluding tert-OH is 1. The van der Waals surface area contributed by atoms with Crippen LogP contribution in [0.15, 0.2) is 78.9 Å². The van der Waals surface area contributed by atoms with Crippen LogP contribution in [0.25, 0.3) is 0 Å². The molecule has 4 atom stereocenters. The summed E-state index contributed by atoms with van der Waals surface area (Å²) < 4.78 is 112. The van der Waals surface area contributed by atoms with Crippen molar-refractivity contribution in [2.24, 2.45) is 5.73 Å². The molecule has 0 spiro atoms. The summed E-state index contributed by atoms with van der Waals surface area (Å²) >= 11 is 59.2. The number of halogens is 17. The van der Waals surface area contributed by atoms with Crippen molar-refractivity contribution in [1.29, 1.82) is 0 Å². The van der Waals surface area contributed by atoms with Crippen LogP contribution in [-0.4, -0.2) is 65.8 Å². The lowest BCUT2D eigenvalue weighted by atomic mass is 10.0. The van der Waals surface area contributed by atoms with E-state index in [0.29, 0.717) is 47.8 Å². The van der Waals surface area contributed by atoms with Crippen molar-refractivity contribution in [3.8, 4) is 0 Å². The highest BCUT2D eigenvalue weighted by molar-refractivity contribution is 6.74. The molecule has 0 aliphatic heterocycles. The van der Waals surface area contributed by atoms with E-state index in [1.54, 1.807) is 0 Å². The first-order chi connectivity index (χ1) is 45.5. The molecule has 0 saturated heterocycles. The summed E-state index contributed by atoms with van der Waals surface area (Å²) in [6, 6.07) is 23.0. The summed E-state index contributed by atoms with van der Waals surface area (Å²) in [5, 5.41) is 31.5. The second kappa shape index (κ2) is 45.0. The third kappa shape index (κ3) is 28.7. The second-order valence-electron chi connectivity index (χ2n) is 22.0. The summed E-state index contributed by atoms with van der Waals surface area (Å²) in [5.41, 5.74) is 8.00. The average molecular weight is 1630 g/mol. The smallest absolute Gasteiger partial charge is 0.233 e. The van der Waals surface area contributed by atoms with Gasteiger partial charge < -0.3 is 24.1 Å². The molecule has 0 aliphatic carbocycles. The Morgan fingerprint density at radius 2 is 0.684 bits per heavy atom. The third-order valence-electron chi connectivity index (χ3n) is 16.3. The number of benzene rings is 6. The standard InChI is InChI=1S/C22H27Cl2F3OSi.C14H20Cl2FNO3Si.C14H22Cl2FNOSi.C8H6Cl2FNO3.C7H3Cl2FO.CH4/c1-4-29(5-2,6-3)28-21(22-19(23)13-18(27)14-20(22)24)9-7-8-15-10-16(25)12-17(26)11-15;1-4-22(5-2,6-3)21-13(9-18(19)20)14-11(15)7-10(17)8-12(14)16;1-4-20(5-2,6-3)19-13(9-18)14-11(15)7-10(17)8-12(14)16;9-5-1-4(11)2-6(10)8(5)7(13)3-12(14)15;8-6-1-4(10)2-7(9)5(6)3-11;/h10-14,21H,4-9H2,1-3H3;7-8,13H,4-6,9H2,1-3H3;7-8,13H,4-6,9,18H2,1-3H3;1-2,7,13H,3H2;1-3H;1H4. The fourth-order valence-electron chi connectivity index (χ4n) is 10.3. The Kier molecular flexibility index (Phi) is 42.6. The van der Waals surface area contributed by atoms with Gasteiger partial charge in [-0.25, -0.2) is 30.7 Å². The van der Waals surface area contributed by atoms with Crippen molar-refractivity contribution in [3.63, 3.8) is 0 Å². The van der Waals surface area contributed by atoms with Crippen LogP contribution < -0.4 is 5.73 Å². The zero-order valence-corrected chi connectivity index (χ0v) is 65.2. The highest BCUT2D eigenvalue weighted by Crippen LogP contribution is 2.42. The first-order valence-corrected chi connectivity index (χ1v) is 42.1.